The highest BCUT2D eigenvalue weighted by Crippen LogP contribution is 2.08. The monoisotopic (exact) mass is 232 g/mol. The first-order valence-corrected chi connectivity index (χ1v) is 6.98. The van der Waals surface area contributed by atoms with E-state index in [2.05, 4.69) is 34.4 Å². The molecule has 0 aliphatic heterocycles. The SMILES string of the molecule is CCCCN(CC)C(CN[SiH3])(NC)NC. The van der Waals surface area contributed by atoms with E-state index in [0.717, 1.165) is 30.0 Å². The number of hydrogen-bond acceptors (Lipinski definition) is 4. The topological polar surface area (TPSA) is 39.3 Å². The Balaban J connectivity index is 4.51. The number of unbranched alkanes of at least 4 members (excludes halogenated alkanes) is 1. The van der Waals surface area contributed by atoms with Gasteiger partial charge in [-0.3, -0.25) is 15.5 Å². The van der Waals surface area contributed by atoms with E-state index >= 15 is 0 Å². The molecule has 0 atom stereocenters. The first kappa shape index (κ1) is 15.1. The van der Waals surface area contributed by atoms with Crippen LogP contribution in [0.4, 0.5) is 0 Å². The van der Waals surface area contributed by atoms with Gasteiger partial charge in [-0.1, -0.05) is 20.3 Å². The summed E-state index contributed by atoms with van der Waals surface area (Å²) in [5, 5.41) is 6.80. The Hall–Kier alpha value is 0.0569. The summed E-state index contributed by atoms with van der Waals surface area (Å²) >= 11 is 0. The van der Waals surface area contributed by atoms with Crippen molar-refractivity contribution in [2.75, 3.05) is 33.7 Å². The highest BCUT2D eigenvalue weighted by Gasteiger charge is 2.31. The summed E-state index contributed by atoms with van der Waals surface area (Å²) in [4.78, 5) is 5.83. The Labute approximate surface area is 97.7 Å². The molecule has 5 heteroatoms. The van der Waals surface area contributed by atoms with Crippen LogP contribution in [0.1, 0.15) is 26.7 Å². The van der Waals surface area contributed by atoms with E-state index in [1.54, 1.807) is 0 Å². The van der Waals surface area contributed by atoms with E-state index in [1.165, 1.54) is 12.8 Å². The standard InChI is InChI=1S/C10H28N4Si/c1-5-7-8-14(6-2)10(11-3,12-4)9-13-15/h11-13H,5-9H2,1-4,15H3. The van der Waals surface area contributed by atoms with Gasteiger partial charge in [-0.25, -0.2) is 0 Å². The molecule has 15 heavy (non-hydrogen) atoms. The van der Waals surface area contributed by atoms with E-state index in [0.29, 0.717) is 0 Å². The van der Waals surface area contributed by atoms with E-state index in [-0.39, 0.29) is 5.79 Å². The number of likely N-dealkylation sites (N-methyl/N-ethyl adjacent to an activating group) is 3. The van der Waals surface area contributed by atoms with Gasteiger partial charge in [0.2, 0.25) is 0 Å². The predicted molar refractivity (Wildman–Crippen MR) is 70.9 cm³/mol. The molecule has 0 radical (unpaired) electrons. The van der Waals surface area contributed by atoms with Crippen molar-refractivity contribution < 1.29 is 0 Å². The second-order valence-electron chi connectivity index (χ2n) is 3.82. The summed E-state index contributed by atoms with van der Waals surface area (Å²) < 4.78 is 0. The lowest BCUT2D eigenvalue weighted by atomic mass is 10.2. The molecule has 0 aromatic carbocycles. The van der Waals surface area contributed by atoms with Gasteiger partial charge < -0.3 is 4.98 Å². The molecule has 4 nitrogen and oxygen atoms in total. The Bertz CT molecular complexity index is 150. The molecule has 0 spiro atoms. The summed E-state index contributed by atoms with van der Waals surface area (Å²) in [6, 6.07) is 0. The van der Waals surface area contributed by atoms with Crippen LogP contribution in [0.15, 0.2) is 0 Å². The van der Waals surface area contributed by atoms with Crippen LogP contribution in [0.3, 0.4) is 0 Å². The molecule has 0 rings (SSSR count). The molecule has 0 aromatic heterocycles. The fourth-order valence-corrected chi connectivity index (χ4v) is 2.47. The molecular weight excluding hydrogens is 204 g/mol. The predicted octanol–water partition coefficient (Wildman–Crippen LogP) is -0.929. The van der Waals surface area contributed by atoms with Crippen LogP contribution in [0.5, 0.6) is 0 Å². The zero-order chi connectivity index (χ0) is 11.7. The summed E-state index contributed by atoms with van der Waals surface area (Å²) in [7, 11) is 5.06. The second-order valence-corrected chi connectivity index (χ2v) is 4.53. The molecule has 0 aliphatic carbocycles. The maximum atomic E-state index is 3.40. The third-order valence-corrected chi connectivity index (χ3v) is 3.32. The van der Waals surface area contributed by atoms with Crippen LogP contribution in [0.2, 0.25) is 0 Å². The summed E-state index contributed by atoms with van der Waals surface area (Å²) in [6.45, 7) is 7.60. The summed E-state index contributed by atoms with van der Waals surface area (Å²) in [6.07, 6.45) is 2.49. The van der Waals surface area contributed by atoms with Crippen LogP contribution in [0.25, 0.3) is 0 Å². The summed E-state index contributed by atoms with van der Waals surface area (Å²) in [5.74, 6) is -0.0916. The minimum atomic E-state index is -0.0916. The average Bonchev–Trinajstić information content (AvgIpc) is 2.28. The lowest BCUT2D eigenvalue weighted by Crippen LogP contribution is -2.70. The highest BCUT2D eigenvalue weighted by atomic mass is 28.2. The van der Waals surface area contributed by atoms with Gasteiger partial charge in [0.15, 0.2) is 0 Å². The largest absolute Gasteiger partial charge is 0.341 e. The van der Waals surface area contributed by atoms with Crippen molar-refractivity contribution >= 4 is 10.4 Å². The normalized spacial score (nSPS) is 12.6. The second kappa shape index (κ2) is 8.24. The maximum absolute atomic E-state index is 3.40. The van der Waals surface area contributed by atoms with Gasteiger partial charge >= 0.3 is 0 Å². The third-order valence-electron chi connectivity index (χ3n) is 2.96. The maximum Gasteiger partial charge on any atom is 0.137 e. The molecule has 0 saturated heterocycles. The molecule has 3 N–H and O–H groups in total. The molecule has 0 heterocycles. The molecule has 0 unspecified atom stereocenters. The Morgan fingerprint density at radius 2 is 1.80 bits per heavy atom. The van der Waals surface area contributed by atoms with Gasteiger partial charge in [0.05, 0.1) is 10.4 Å². The number of nitrogens with zero attached hydrogens (tertiary/aromatic N) is 1. The smallest absolute Gasteiger partial charge is 0.137 e. The number of rotatable bonds is 9. The molecule has 92 valence electrons. The number of nitrogens with one attached hydrogen (secondary N) is 3. The minimum absolute atomic E-state index is 0.0916. The van der Waals surface area contributed by atoms with Crippen molar-refractivity contribution in [1.29, 1.82) is 0 Å². The zero-order valence-corrected chi connectivity index (χ0v) is 13.0. The van der Waals surface area contributed by atoms with Crippen LogP contribution in [-0.4, -0.2) is 54.8 Å². The molecule has 0 fully saturated rings. The van der Waals surface area contributed by atoms with Crippen molar-refractivity contribution in [3.05, 3.63) is 0 Å². The first-order valence-electron chi connectivity index (χ1n) is 5.98. The van der Waals surface area contributed by atoms with Crippen LogP contribution < -0.4 is 15.6 Å². The molecule has 0 aromatic rings. The lowest BCUT2D eigenvalue weighted by molar-refractivity contribution is 0.0433. The quantitative estimate of drug-likeness (QED) is 0.355. The van der Waals surface area contributed by atoms with E-state index in [4.69, 9.17) is 0 Å². The highest BCUT2D eigenvalue weighted by molar-refractivity contribution is 6.04. The molecule has 0 saturated carbocycles. The van der Waals surface area contributed by atoms with Gasteiger partial charge in [0, 0.05) is 13.1 Å². The number of hydrogen-bond donors (Lipinski definition) is 3. The molecular formula is C10H28N4Si. The van der Waals surface area contributed by atoms with Crippen LogP contribution >= 0.6 is 0 Å². The van der Waals surface area contributed by atoms with Crippen molar-refractivity contribution in [2.45, 2.75) is 32.5 Å². The Morgan fingerprint density at radius 3 is 2.13 bits per heavy atom. The zero-order valence-electron chi connectivity index (χ0n) is 11.0. The Morgan fingerprint density at radius 1 is 1.20 bits per heavy atom. The van der Waals surface area contributed by atoms with Gasteiger partial charge in [0.25, 0.3) is 0 Å². The molecule has 0 aliphatic rings. The van der Waals surface area contributed by atoms with Crippen LogP contribution in [-0.2, 0) is 0 Å². The summed E-state index contributed by atoms with van der Waals surface area (Å²) in [5.41, 5.74) is 0. The van der Waals surface area contributed by atoms with E-state index < -0.39 is 0 Å². The lowest BCUT2D eigenvalue weighted by Gasteiger charge is -2.43. The van der Waals surface area contributed by atoms with Crippen molar-refractivity contribution in [3.8, 4) is 0 Å². The van der Waals surface area contributed by atoms with Crippen LogP contribution in [0, 0.1) is 0 Å². The third kappa shape index (κ3) is 4.20. The molecule has 0 amide bonds. The fourth-order valence-electron chi connectivity index (χ4n) is 1.95. The van der Waals surface area contributed by atoms with Gasteiger partial charge in [-0.05, 0) is 27.1 Å². The van der Waals surface area contributed by atoms with Crippen molar-refractivity contribution in [3.63, 3.8) is 0 Å². The first-order chi connectivity index (χ1) is 7.20. The van der Waals surface area contributed by atoms with E-state index in [1.807, 2.05) is 14.1 Å². The van der Waals surface area contributed by atoms with Crippen molar-refractivity contribution in [2.24, 2.45) is 0 Å². The van der Waals surface area contributed by atoms with Crippen molar-refractivity contribution in [1.82, 2.24) is 20.5 Å². The van der Waals surface area contributed by atoms with E-state index in [9.17, 15) is 0 Å². The Kier molecular flexibility index (Phi) is 8.27. The van der Waals surface area contributed by atoms with Gasteiger partial charge in [-0.2, -0.15) is 0 Å². The average molecular weight is 232 g/mol. The van der Waals surface area contributed by atoms with Gasteiger partial charge in [-0.15, -0.1) is 0 Å². The van der Waals surface area contributed by atoms with Gasteiger partial charge in [0.1, 0.15) is 5.79 Å². The molecule has 0 bridgehead atoms. The fraction of sp³-hybridized carbons (Fsp3) is 1.00. The minimum Gasteiger partial charge on any atom is -0.341 e.